The molecule has 3 rings (SSSR count). The summed E-state index contributed by atoms with van der Waals surface area (Å²) in [6.07, 6.45) is 9.93. The van der Waals surface area contributed by atoms with Gasteiger partial charge in [0.05, 0.1) is 5.56 Å². The Bertz CT molecular complexity index is 1210. The van der Waals surface area contributed by atoms with Crippen molar-refractivity contribution in [1.29, 1.82) is 0 Å². The van der Waals surface area contributed by atoms with E-state index in [0.29, 0.717) is 16.7 Å². The van der Waals surface area contributed by atoms with Crippen molar-refractivity contribution in [1.82, 2.24) is 0 Å². The summed E-state index contributed by atoms with van der Waals surface area (Å²) in [7, 11) is 0. The van der Waals surface area contributed by atoms with E-state index >= 15 is 0 Å². The minimum atomic E-state index is -0.409. The summed E-state index contributed by atoms with van der Waals surface area (Å²) >= 11 is 0. The van der Waals surface area contributed by atoms with E-state index in [9.17, 15) is 8.78 Å². The third kappa shape index (κ3) is 8.73. The molecule has 0 aromatic heterocycles. The van der Waals surface area contributed by atoms with E-state index in [0.717, 1.165) is 36.8 Å². The predicted molar refractivity (Wildman–Crippen MR) is 142 cm³/mol. The van der Waals surface area contributed by atoms with Gasteiger partial charge in [-0.05, 0) is 79.3 Å². The number of rotatable bonds is 9. The van der Waals surface area contributed by atoms with E-state index in [2.05, 4.69) is 49.7 Å². The number of aryl methyl sites for hydroxylation is 2. The third-order valence-electron chi connectivity index (χ3n) is 6.04. The van der Waals surface area contributed by atoms with Crippen LogP contribution in [-0.4, -0.2) is 0 Å². The predicted octanol–water partition coefficient (Wildman–Crippen LogP) is 8.62. The molecule has 3 aromatic rings. The number of unbranched alkanes of at least 4 members (excludes halogenated alkanes) is 5. The molecule has 0 saturated heterocycles. The topological polar surface area (TPSA) is 0 Å². The molecule has 0 atom stereocenters. The first-order valence-corrected chi connectivity index (χ1v) is 12.8. The second kappa shape index (κ2) is 14.1. The lowest BCUT2D eigenvalue weighted by Gasteiger charge is -2.04. The number of halogens is 2. The molecular formula is C33H34F2. The van der Waals surface area contributed by atoms with Crippen molar-refractivity contribution in [2.24, 2.45) is 0 Å². The molecule has 3 aromatic carbocycles. The zero-order valence-corrected chi connectivity index (χ0v) is 20.9. The van der Waals surface area contributed by atoms with Crippen LogP contribution in [0.25, 0.3) is 0 Å². The lowest BCUT2D eigenvalue weighted by molar-refractivity contribution is 0.587. The fraction of sp³-hybridized carbons (Fsp3) is 0.333. The maximum Gasteiger partial charge on any atom is 0.140 e. The molecule has 35 heavy (non-hydrogen) atoms. The van der Waals surface area contributed by atoms with Crippen molar-refractivity contribution in [3.63, 3.8) is 0 Å². The standard InChI is InChI=1S/C33H34F2/c1-3-5-7-8-9-11-30-22-19-28(24-32(30)34)16-17-29-20-23-31(33(35)25-29)21-18-27-14-12-26(13-15-27)10-6-4-2/h12-15,19-20,22-25H,3-11H2,1-2H3. The average Bonchev–Trinajstić information content (AvgIpc) is 2.87. The first-order chi connectivity index (χ1) is 17.1. The Morgan fingerprint density at radius 2 is 1.14 bits per heavy atom. The SMILES string of the molecule is CCCCCCCc1ccc(C#Cc2ccc(C#Cc3ccc(CCCC)cc3)c(F)c2)cc1F. The smallest absolute Gasteiger partial charge is 0.140 e. The normalized spacial score (nSPS) is 10.3. The van der Waals surface area contributed by atoms with E-state index in [1.165, 1.54) is 49.8 Å². The van der Waals surface area contributed by atoms with Gasteiger partial charge < -0.3 is 0 Å². The quantitative estimate of drug-likeness (QED) is 0.218. The van der Waals surface area contributed by atoms with Crippen molar-refractivity contribution in [2.75, 3.05) is 0 Å². The van der Waals surface area contributed by atoms with Gasteiger partial charge in [0.25, 0.3) is 0 Å². The maximum atomic E-state index is 14.6. The first-order valence-electron chi connectivity index (χ1n) is 12.8. The Kier molecular flexibility index (Phi) is 10.6. The molecule has 180 valence electrons. The number of benzene rings is 3. The van der Waals surface area contributed by atoms with Crippen LogP contribution in [0.5, 0.6) is 0 Å². The zero-order chi connectivity index (χ0) is 24.9. The van der Waals surface area contributed by atoms with Crippen molar-refractivity contribution in [3.05, 3.63) is 106 Å². The largest absolute Gasteiger partial charge is 0.207 e. The molecule has 0 nitrogen and oxygen atoms in total. The van der Waals surface area contributed by atoms with Crippen molar-refractivity contribution >= 4 is 0 Å². The summed E-state index contributed by atoms with van der Waals surface area (Å²) in [5.74, 6) is 11.2. The molecule has 0 spiro atoms. The molecule has 0 unspecified atom stereocenters. The first kappa shape index (κ1) is 26.2. The van der Waals surface area contributed by atoms with E-state index in [1.54, 1.807) is 12.1 Å². The van der Waals surface area contributed by atoms with Crippen LogP contribution in [0, 0.1) is 35.3 Å². The highest BCUT2D eigenvalue weighted by Gasteiger charge is 2.04. The van der Waals surface area contributed by atoms with Gasteiger partial charge in [0.15, 0.2) is 0 Å². The second-order valence-electron chi connectivity index (χ2n) is 8.97. The van der Waals surface area contributed by atoms with Crippen LogP contribution in [0.1, 0.15) is 92.2 Å². The lowest BCUT2D eigenvalue weighted by atomic mass is 10.0. The minimum absolute atomic E-state index is 0.220. The van der Waals surface area contributed by atoms with Gasteiger partial charge in [-0.1, -0.05) is 87.8 Å². The Hall–Kier alpha value is -3.36. The molecule has 0 aliphatic heterocycles. The molecule has 0 N–H and O–H groups in total. The lowest BCUT2D eigenvalue weighted by Crippen LogP contribution is -1.92. The van der Waals surface area contributed by atoms with E-state index in [1.807, 2.05) is 24.3 Å². The van der Waals surface area contributed by atoms with Crippen molar-refractivity contribution in [2.45, 2.75) is 71.6 Å². The van der Waals surface area contributed by atoms with Crippen LogP contribution < -0.4 is 0 Å². The van der Waals surface area contributed by atoms with Gasteiger partial charge >= 0.3 is 0 Å². The minimum Gasteiger partial charge on any atom is -0.207 e. The van der Waals surface area contributed by atoms with E-state index in [-0.39, 0.29) is 5.82 Å². The summed E-state index contributed by atoms with van der Waals surface area (Å²) in [6, 6.07) is 18.0. The molecule has 0 radical (unpaired) electrons. The van der Waals surface area contributed by atoms with Crippen LogP contribution in [0.2, 0.25) is 0 Å². The average molecular weight is 469 g/mol. The molecule has 0 aliphatic carbocycles. The van der Waals surface area contributed by atoms with E-state index in [4.69, 9.17) is 0 Å². The summed E-state index contributed by atoms with van der Waals surface area (Å²) in [5, 5.41) is 0. The monoisotopic (exact) mass is 468 g/mol. The van der Waals surface area contributed by atoms with Crippen molar-refractivity contribution < 1.29 is 8.78 Å². The fourth-order valence-electron chi connectivity index (χ4n) is 3.86. The molecule has 0 amide bonds. The highest BCUT2D eigenvalue weighted by atomic mass is 19.1. The molecule has 0 bridgehead atoms. The number of hydrogen-bond acceptors (Lipinski definition) is 0. The summed E-state index contributed by atoms with van der Waals surface area (Å²) in [4.78, 5) is 0. The summed E-state index contributed by atoms with van der Waals surface area (Å²) in [5.41, 5.74) is 4.34. The molecule has 0 aliphatic rings. The zero-order valence-electron chi connectivity index (χ0n) is 20.9. The van der Waals surface area contributed by atoms with Crippen molar-refractivity contribution in [3.8, 4) is 23.7 Å². The number of hydrogen-bond donors (Lipinski definition) is 0. The van der Waals surface area contributed by atoms with Gasteiger partial charge in [0, 0.05) is 16.7 Å². The maximum absolute atomic E-state index is 14.6. The Labute approximate surface area is 209 Å². The van der Waals surface area contributed by atoms with Gasteiger partial charge in [-0.3, -0.25) is 0 Å². The molecular weight excluding hydrogens is 434 g/mol. The van der Waals surface area contributed by atoms with Crippen LogP contribution in [0.3, 0.4) is 0 Å². The molecule has 2 heteroatoms. The Balaban J connectivity index is 1.61. The summed E-state index contributed by atoms with van der Waals surface area (Å²) in [6.45, 7) is 4.37. The highest BCUT2D eigenvalue weighted by Crippen LogP contribution is 2.15. The van der Waals surface area contributed by atoms with E-state index < -0.39 is 5.82 Å². The molecule has 0 fully saturated rings. The molecule has 0 saturated carbocycles. The van der Waals surface area contributed by atoms with Crippen LogP contribution in [-0.2, 0) is 12.8 Å². The molecule has 0 heterocycles. The summed E-state index contributed by atoms with van der Waals surface area (Å²) < 4.78 is 29.0. The second-order valence-corrected chi connectivity index (χ2v) is 8.97. The van der Waals surface area contributed by atoms with Gasteiger partial charge in [0.1, 0.15) is 11.6 Å². The van der Waals surface area contributed by atoms with Crippen LogP contribution in [0.4, 0.5) is 8.78 Å². The van der Waals surface area contributed by atoms with Crippen LogP contribution in [0.15, 0.2) is 60.7 Å². The van der Waals surface area contributed by atoms with Crippen LogP contribution >= 0.6 is 0 Å². The Morgan fingerprint density at radius 1 is 0.543 bits per heavy atom. The van der Waals surface area contributed by atoms with Gasteiger partial charge in [-0.15, -0.1) is 0 Å². The fourth-order valence-corrected chi connectivity index (χ4v) is 3.86. The third-order valence-corrected chi connectivity index (χ3v) is 6.04. The van der Waals surface area contributed by atoms with Gasteiger partial charge in [0.2, 0.25) is 0 Å². The Morgan fingerprint density at radius 3 is 1.80 bits per heavy atom. The highest BCUT2D eigenvalue weighted by molar-refractivity contribution is 5.49. The van der Waals surface area contributed by atoms with Gasteiger partial charge in [-0.2, -0.15) is 0 Å². The van der Waals surface area contributed by atoms with Gasteiger partial charge in [-0.25, -0.2) is 8.78 Å².